The number of aryl methyl sites for hydroxylation is 1. The topological polar surface area (TPSA) is 117 Å². The molecule has 2 heterocycles. The number of halogens is 1. The Morgan fingerprint density at radius 1 is 1.24 bits per heavy atom. The number of ether oxygens (including phenoxy) is 1. The van der Waals surface area contributed by atoms with E-state index in [-0.39, 0.29) is 24.8 Å². The van der Waals surface area contributed by atoms with Crippen molar-refractivity contribution < 1.29 is 23.9 Å². The first-order chi connectivity index (χ1) is 15.8. The molecule has 0 spiro atoms. The van der Waals surface area contributed by atoms with Crippen molar-refractivity contribution in [3.8, 4) is 5.75 Å². The zero-order chi connectivity index (χ0) is 23.7. The van der Waals surface area contributed by atoms with Gasteiger partial charge >= 0.3 is 6.03 Å². The number of piperidine rings is 1. The lowest BCUT2D eigenvalue weighted by Crippen LogP contribution is -2.52. The highest BCUT2D eigenvalue weighted by Crippen LogP contribution is 2.31. The van der Waals surface area contributed by atoms with Gasteiger partial charge in [0.25, 0.3) is 5.91 Å². The highest BCUT2D eigenvalue weighted by Gasteiger charge is 2.39. The number of hydrogen-bond donors (Lipinski definition) is 3. The van der Waals surface area contributed by atoms with E-state index >= 15 is 0 Å². The van der Waals surface area contributed by atoms with Gasteiger partial charge < -0.3 is 20.3 Å². The third-order valence-corrected chi connectivity index (χ3v) is 6.18. The van der Waals surface area contributed by atoms with E-state index in [1.807, 2.05) is 19.1 Å². The third kappa shape index (κ3) is 4.63. The summed E-state index contributed by atoms with van der Waals surface area (Å²) in [6, 6.07) is 7.59. The predicted molar refractivity (Wildman–Crippen MR) is 121 cm³/mol. The molecule has 1 saturated heterocycles. The van der Waals surface area contributed by atoms with Crippen LogP contribution in [-0.2, 0) is 22.7 Å². The summed E-state index contributed by atoms with van der Waals surface area (Å²) in [4.78, 5) is 50.4. The van der Waals surface area contributed by atoms with E-state index < -0.39 is 18.0 Å². The molecule has 2 aromatic carbocycles. The zero-order valence-electron chi connectivity index (χ0n) is 18.2. The van der Waals surface area contributed by atoms with Crippen LogP contribution in [0.15, 0.2) is 30.3 Å². The second kappa shape index (κ2) is 9.11. The number of urea groups is 1. The number of hydrogen-bond acceptors (Lipinski definition) is 5. The molecule has 172 valence electrons. The van der Waals surface area contributed by atoms with Gasteiger partial charge in [-0.3, -0.25) is 19.7 Å². The molecule has 0 aromatic heterocycles. The van der Waals surface area contributed by atoms with Crippen molar-refractivity contribution >= 4 is 41.0 Å². The molecule has 1 unspecified atom stereocenters. The van der Waals surface area contributed by atoms with Gasteiger partial charge in [0.05, 0.1) is 12.8 Å². The van der Waals surface area contributed by atoms with Crippen LogP contribution in [0.4, 0.5) is 10.5 Å². The van der Waals surface area contributed by atoms with Crippen molar-refractivity contribution in [3.63, 3.8) is 0 Å². The first-order valence-electron chi connectivity index (χ1n) is 10.4. The standard InChI is InChI=1S/C23H23ClN4O5/c1-12-7-19(33-2)17(9-16(12)24)26-23(32)25-10-13-3-4-14-11-28(22(31)15(14)8-13)18-5-6-20(29)27-21(18)30/h3-4,7-9,18H,5-6,10-11H2,1-2H3,(H2,25,26,32)(H,27,29,30). The molecule has 0 saturated carbocycles. The van der Waals surface area contributed by atoms with E-state index in [0.29, 0.717) is 35.0 Å². The van der Waals surface area contributed by atoms with Crippen LogP contribution in [0, 0.1) is 6.92 Å². The summed E-state index contributed by atoms with van der Waals surface area (Å²) in [6.45, 7) is 2.33. The Morgan fingerprint density at radius 3 is 2.76 bits per heavy atom. The lowest BCUT2D eigenvalue weighted by Gasteiger charge is -2.29. The average Bonchev–Trinajstić information content (AvgIpc) is 3.10. The van der Waals surface area contributed by atoms with Gasteiger partial charge in [-0.2, -0.15) is 0 Å². The van der Waals surface area contributed by atoms with Gasteiger partial charge in [0.15, 0.2) is 0 Å². The van der Waals surface area contributed by atoms with Crippen LogP contribution in [0.2, 0.25) is 5.02 Å². The highest BCUT2D eigenvalue weighted by atomic mass is 35.5. The number of amides is 5. The van der Waals surface area contributed by atoms with Crippen molar-refractivity contribution in [2.45, 2.75) is 38.9 Å². The van der Waals surface area contributed by atoms with Crippen LogP contribution in [0.3, 0.4) is 0 Å². The molecular formula is C23H23ClN4O5. The number of nitrogens with zero attached hydrogens (tertiary/aromatic N) is 1. The molecule has 3 N–H and O–H groups in total. The second-order valence-corrected chi connectivity index (χ2v) is 8.41. The van der Waals surface area contributed by atoms with Crippen molar-refractivity contribution in [2.75, 3.05) is 12.4 Å². The molecule has 4 rings (SSSR count). The monoisotopic (exact) mass is 470 g/mol. The first-order valence-corrected chi connectivity index (χ1v) is 10.8. The van der Waals surface area contributed by atoms with Gasteiger partial charge in [0, 0.05) is 30.1 Å². The minimum absolute atomic E-state index is 0.187. The van der Waals surface area contributed by atoms with Gasteiger partial charge in [-0.15, -0.1) is 0 Å². The maximum Gasteiger partial charge on any atom is 0.319 e. The minimum atomic E-state index is -0.661. The van der Waals surface area contributed by atoms with Crippen molar-refractivity contribution in [3.05, 3.63) is 57.6 Å². The van der Waals surface area contributed by atoms with E-state index in [2.05, 4.69) is 16.0 Å². The fraction of sp³-hybridized carbons (Fsp3) is 0.304. The summed E-state index contributed by atoms with van der Waals surface area (Å²) in [5.74, 6) is -0.538. The van der Waals surface area contributed by atoms with Gasteiger partial charge in [0.1, 0.15) is 11.8 Å². The predicted octanol–water partition coefficient (Wildman–Crippen LogP) is 2.74. The molecule has 0 bridgehead atoms. The van der Waals surface area contributed by atoms with Crippen LogP contribution in [0.1, 0.15) is 39.9 Å². The van der Waals surface area contributed by atoms with Crippen LogP contribution in [-0.4, -0.2) is 41.8 Å². The Balaban J connectivity index is 1.40. The molecule has 1 atom stereocenters. The molecular weight excluding hydrogens is 448 g/mol. The number of rotatable bonds is 5. The largest absolute Gasteiger partial charge is 0.495 e. The summed E-state index contributed by atoms with van der Waals surface area (Å²) in [5, 5.41) is 8.26. The number of carbonyl (C=O) groups excluding carboxylic acids is 4. The van der Waals surface area contributed by atoms with E-state index in [0.717, 1.165) is 16.7 Å². The number of methoxy groups -OCH3 is 1. The quantitative estimate of drug-likeness (QED) is 0.581. The Hall–Kier alpha value is -3.59. The molecule has 0 aliphatic carbocycles. The SMILES string of the molecule is COc1cc(C)c(Cl)cc1NC(=O)NCc1ccc2c(c1)C(=O)N(C1CCC(=O)NC1=O)C2. The average molecular weight is 471 g/mol. The van der Waals surface area contributed by atoms with E-state index in [4.69, 9.17) is 16.3 Å². The summed E-state index contributed by atoms with van der Waals surface area (Å²) < 4.78 is 5.29. The summed E-state index contributed by atoms with van der Waals surface area (Å²) in [5.41, 5.74) is 3.29. The number of imide groups is 1. The Morgan fingerprint density at radius 2 is 2.03 bits per heavy atom. The number of anilines is 1. The number of nitrogens with one attached hydrogen (secondary N) is 3. The van der Waals surface area contributed by atoms with E-state index in [9.17, 15) is 19.2 Å². The molecule has 2 aliphatic rings. The first kappa shape index (κ1) is 22.6. The van der Waals surface area contributed by atoms with Crippen LogP contribution in [0.5, 0.6) is 5.75 Å². The normalized spacial score (nSPS) is 17.5. The molecule has 2 aromatic rings. The maximum atomic E-state index is 12.9. The van der Waals surface area contributed by atoms with Gasteiger partial charge in [0.2, 0.25) is 11.8 Å². The minimum Gasteiger partial charge on any atom is -0.495 e. The molecule has 9 nitrogen and oxygen atoms in total. The number of carbonyl (C=O) groups is 4. The van der Waals surface area contributed by atoms with Crippen molar-refractivity contribution in [1.29, 1.82) is 0 Å². The lowest BCUT2D eigenvalue weighted by atomic mass is 10.0. The number of benzene rings is 2. The fourth-order valence-corrected chi connectivity index (χ4v) is 4.15. The second-order valence-electron chi connectivity index (χ2n) is 8.00. The molecule has 33 heavy (non-hydrogen) atoms. The summed E-state index contributed by atoms with van der Waals surface area (Å²) in [6.07, 6.45) is 0.517. The van der Waals surface area contributed by atoms with Crippen LogP contribution < -0.4 is 20.7 Å². The third-order valence-electron chi connectivity index (χ3n) is 5.77. The fourth-order valence-electron chi connectivity index (χ4n) is 3.98. The number of fused-ring (bicyclic) bond motifs is 1. The Kier molecular flexibility index (Phi) is 6.24. The molecule has 10 heteroatoms. The Bertz CT molecular complexity index is 1170. The van der Waals surface area contributed by atoms with Gasteiger partial charge in [-0.05, 0) is 48.2 Å². The van der Waals surface area contributed by atoms with E-state index in [1.165, 1.54) is 12.0 Å². The molecule has 0 radical (unpaired) electrons. The van der Waals surface area contributed by atoms with E-state index in [1.54, 1.807) is 18.2 Å². The molecule has 5 amide bonds. The summed E-state index contributed by atoms with van der Waals surface area (Å²) in [7, 11) is 1.51. The van der Waals surface area contributed by atoms with Crippen molar-refractivity contribution in [1.82, 2.24) is 15.5 Å². The summed E-state index contributed by atoms with van der Waals surface area (Å²) >= 11 is 6.15. The van der Waals surface area contributed by atoms with Crippen LogP contribution >= 0.6 is 11.6 Å². The highest BCUT2D eigenvalue weighted by molar-refractivity contribution is 6.31. The Labute approximate surface area is 195 Å². The van der Waals surface area contributed by atoms with Gasteiger partial charge in [-0.1, -0.05) is 23.7 Å². The smallest absolute Gasteiger partial charge is 0.319 e. The zero-order valence-corrected chi connectivity index (χ0v) is 18.9. The molecule has 1 fully saturated rings. The van der Waals surface area contributed by atoms with Gasteiger partial charge in [-0.25, -0.2) is 4.79 Å². The van der Waals surface area contributed by atoms with Crippen molar-refractivity contribution in [2.24, 2.45) is 0 Å². The lowest BCUT2D eigenvalue weighted by molar-refractivity contribution is -0.136. The maximum absolute atomic E-state index is 12.9. The van der Waals surface area contributed by atoms with Crippen LogP contribution in [0.25, 0.3) is 0 Å². The molecule has 2 aliphatic heterocycles.